The molecule has 0 spiro atoms. The second-order valence-corrected chi connectivity index (χ2v) is 6.28. The molecule has 2 amide bonds. The summed E-state index contributed by atoms with van der Waals surface area (Å²) in [4.78, 5) is 28.7. The first-order valence-corrected chi connectivity index (χ1v) is 8.53. The van der Waals surface area contributed by atoms with Crippen molar-refractivity contribution in [3.63, 3.8) is 0 Å². The van der Waals surface area contributed by atoms with Crippen LogP contribution in [0.4, 0.5) is 11.4 Å². The molecule has 0 fully saturated rings. The molecule has 0 saturated carbocycles. The number of nitrogens with one attached hydrogen (secondary N) is 1. The fourth-order valence-corrected chi connectivity index (χ4v) is 3.34. The smallest absolute Gasteiger partial charge is 0.261 e. The molecule has 130 valence electrons. The number of amides is 2. The number of nitrogens with zero attached hydrogens (tertiary/aromatic N) is 2. The van der Waals surface area contributed by atoms with Crippen molar-refractivity contribution in [2.45, 2.75) is 13.8 Å². The highest BCUT2D eigenvalue weighted by molar-refractivity contribution is 6.26. The number of anilines is 2. The summed E-state index contributed by atoms with van der Waals surface area (Å²) >= 11 is 0. The lowest BCUT2D eigenvalue weighted by Gasteiger charge is -2.21. The number of hydrogen-bond acceptors (Lipinski definition) is 4. The first-order chi connectivity index (χ1) is 12.0. The third kappa shape index (κ3) is 2.86. The van der Waals surface area contributed by atoms with E-state index in [1.54, 1.807) is 0 Å². The molecule has 0 saturated heterocycles. The molecule has 2 aromatic rings. The van der Waals surface area contributed by atoms with Crippen molar-refractivity contribution in [3.05, 3.63) is 47.5 Å². The molecule has 1 N–H and O–H groups in total. The van der Waals surface area contributed by atoms with Gasteiger partial charge in [0.25, 0.3) is 11.8 Å². The van der Waals surface area contributed by atoms with E-state index >= 15 is 0 Å². The molecule has 1 heterocycles. The van der Waals surface area contributed by atoms with E-state index in [4.69, 9.17) is 0 Å². The molecule has 0 unspecified atom stereocenters. The fourth-order valence-electron chi connectivity index (χ4n) is 3.34. The SMILES string of the molecule is CCN(CC)c1ccc(-c2ccc(N(C)C)c3c2C(=O)NC3=O)cc1. The molecular weight excluding hydrogens is 314 g/mol. The Kier molecular flexibility index (Phi) is 4.49. The third-order valence-corrected chi connectivity index (χ3v) is 4.65. The zero-order valence-corrected chi connectivity index (χ0v) is 15.1. The minimum absolute atomic E-state index is 0.327. The summed E-state index contributed by atoms with van der Waals surface area (Å²) in [6.07, 6.45) is 0. The van der Waals surface area contributed by atoms with Crippen molar-refractivity contribution in [3.8, 4) is 11.1 Å². The number of benzene rings is 2. The lowest BCUT2D eigenvalue weighted by atomic mass is 9.94. The van der Waals surface area contributed by atoms with E-state index in [2.05, 4.69) is 36.2 Å². The zero-order chi connectivity index (χ0) is 18.1. The van der Waals surface area contributed by atoms with Crippen molar-refractivity contribution in [2.75, 3.05) is 37.0 Å². The largest absolute Gasteiger partial charge is 0.377 e. The van der Waals surface area contributed by atoms with Gasteiger partial charge in [-0.2, -0.15) is 0 Å². The highest BCUT2D eigenvalue weighted by Gasteiger charge is 2.33. The van der Waals surface area contributed by atoms with Gasteiger partial charge in [0, 0.05) is 38.6 Å². The maximum absolute atomic E-state index is 12.4. The van der Waals surface area contributed by atoms with Crippen LogP contribution in [0.25, 0.3) is 11.1 Å². The van der Waals surface area contributed by atoms with Gasteiger partial charge in [-0.05, 0) is 43.2 Å². The molecule has 0 aromatic heterocycles. The summed E-state index contributed by atoms with van der Waals surface area (Å²) in [7, 11) is 3.73. The summed E-state index contributed by atoms with van der Waals surface area (Å²) in [5, 5.41) is 2.42. The molecule has 5 heteroatoms. The van der Waals surface area contributed by atoms with Gasteiger partial charge in [-0.1, -0.05) is 18.2 Å². The summed E-state index contributed by atoms with van der Waals surface area (Å²) in [5.41, 5.74) is 4.54. The quantitative estimate of drug-likeness (QED) is 0.852. The molecular formula is C20H23N3O2. The number of hydrogen-bond donors (Lipinski definition) is 1. The molecule has 2 aromatic carbocycles. The maximum Gasteiger partial charge on any atom is 0.261 e. The minimum Gasteiger partial charge on any atom is -0.377 e. The number of imide groups is 1. The van der Waals surface area contributed by atoms with E-state index in [1.807, 2.05) is 43.3 Å². The Morgan fingerprint density at radius 2 is 1.44 bits per heavy atom. The average molecular weight is 337 g/mol. The van der Waals surface area contributed by atoms with Gasteiger partial charge in [0.05, 0.1) is 11.1 Å². The number of carbonyl (C=O) groups is 2. The van der Waals surface area contributed by atoms with Gasteiger partial charge in [-0.15, -0.1) is 0 Å². The molecule has 0 aliphatic carbocycles. The van der Waals surface area contributed by atoms with E-state index in [1.165, 1.54) is 0 Å². The molecule has 25 heavy (non-hydrogen) atoms. The van der Waals surface area contributed by atoms with Gasteiger partial charge < -0.3 is 9.80 Å². The molecule has 0 atom stereocenters. The Balaban J connectivity index is 2.10. The average Bonchev–Trinajstić information content (AvgIpc) is 2.91. The van der Waals surface area contributed by atoms with Gasteiger partial charge in [0.2, 0.25) is 0 Å². The van der Waals surface area contributed by atoms with Crippen LogP contribution in [0.1, 0.15) is 34.6 Å². The van der Waals surface area contributed by atoms with Crippen LogP contribution in [-0.4, -0.2) is 39.0 Å². The molecule has 3 rings (SSSR count). The van der Waals surface area contributed by atoms with Crippen molar-refractivity contribution in [1.82, 2.24) is 5.32 Å². The van der Waals surface area contributed by atoms with Crippen LogP contribution in [0, 0.1) is 0 Å². The Hall–Kier alpha value is -2.82. The van der Waals surface area contributed by atoms with E-state index in [0.29, 0.717) is 11.1 Å². The lowest BCUT2D eigenvalue weighted by Crippen LogP contribution is -2.21. The van der Waals surface area contributed by atoms with Crippen LogP contribution in [0.2, 0.25) is 0 Å². The number of fused-ring (bicyclic) bond motifs is 1. The topological polar surface area (TPSA) is 52.6 Å². The second kappa shape index (κ2) is 6.59. The Bertz CT molecular complexity index is 822. The van der Waals surface area contributed by atoms with Crippen molar-refractivity contribution >= 4 is 23.2 Å². The Labute approximate surface area is 148 Å². The predicted molar refractivity (Wildman–Crippen MR) is 102 cm³/mol. The van der Waals surface area contributed by atoms with Gasteiger partial charge in [0.1, 0.15) is 0 Å². The molecule has 5 nitrogen and oxygen atoms in total. The van der Waals surface area contributed by atoms with Gasteiger partial charge in [-0.3, -0.25) is 14.9 Å². The normalized spacial score (nSPS) is 12.8. The standard InChI is InChI=1S/C20H23N3O2/c1-5-23(6-2)14-9-7-13(8-10-14)15-11-12-16(22(3)4)18-17(15)19(24)21-20(18)25/h7-12H,5-6H2,1-4H3,(H,21,24,25). The van der Waals surface area contributed by atoms with Crippen LogP contribution < -0.4 is 15.1 Å². The number of rotatable bonds is 5. The summed E-state index contributed by atoms with van der Waals surface area (Å²) in [6.45, 7) is 6.14. The van der Waals surface area contributed by atoms with Crippen molar-refractivity contribution < 1.29 is 9.59 Å². The van der Waals surface area contributed by atoms with Gasteiger partial charge in [-0.25, -0.2) is 0 Å². The minimum atomic E-state index is -0.328. The first-order valence-electron chi connectivity index (χ1n) is 8.53. The molecule has 0 radical (unpaired) electrons. The van der Waals surface area contributed by atoms with Crippen LogP contribution >= 0.6 is 0 Å². The zero-order valence-electron chi connectivity index (χ0n) is 15.1. The highest BCUT2D eigenvalue weighted by atomic mass is 16.2. The third-order valence-electron chi connectivity index (χ3n) is 4.65. The van der Waals surface area contributed by atoms with E-state index in [-0.39, 0.29) is 11.8 Å². The van der Waals surface area contributed by atoms with Gasteiger partial charge in [0.15, 0.2) is 0 Å². The van der Waals surface area contributed by atoms with Gasteiger partial charge >= 0.3 is 0 Å². The Morgan fingerprint density at radius 3 is 2.00 bits per heavy atom. The predicted octanol–water partition coefficient (Wildman–Crippen LogP) is 3.15. The summed E-state index contributed by atoms with van der Waals surface area (Å²) in [5.74, 6) is -0.656. The van der Waals surface area contributed by atoms with Crippen LogP contribution in [0.5, 0.6) is 0 Å². The van der Waals surface area contributed by atoms with Crippen LogP contribution in [0.3, 0.4) is 0 Å². The van der Waals surface area contributed by atoms with Crippen LogP contribution in [-0.2, 0) is 0 Å². The highest BCUT2D eigenvalue weighted by Crippen LogP contribution is 2.35. The van der Waals surface area contributed by atoms with E-state index < -0.39 is 0 Å². The van der Waals surface area contributed by atoms with E-state index in [0.717, 1.165) is 35.6 Å². The van der Waals surface area contributed by atoms with Crippen molar-refractivity contribution in [1.29, 1.82) is 0 Å². The lowest BCUT2D eigenvalue weighted by molar-refractivity contribution is 0.0880. The fraction of sp³-hybridized carbons (Fsp3) is 0.300. The summed E-state index contributed by atoms with van der Waals surface area (Å²) in [6, 6.07) is 11.9. The Morgan fingerprint density at radius 1 is 0.840 bits per heavy atom. The monoisotopic (exact) mass is 337 g/mol. The summed E-state index contributed by atoms with van der Waals surface area (Å²) < 4.78 is 0. The number of carbonyl (C=O) groups excluding carboxylic acids is 2. The molecule has 1 aliphatic heterocycles. The van der Waals surface area contributed by atoms with Crippen molar-refractivity contribution in [2.24, 2.45) is 0 Å². The van der Waals surface area contributed by atoms with E-state index in [9.17, 15) is 9.59 Å². The first kappa shape index (κ1) is 17.0. The maximum atomic E-state index is 12.4. The van der Waals surface area contributed by atoms with Crippen LogP contribution in [0.15, 0.2) is 36.4 Å². The second-order valence-electron chi connectivity index (χ2n) is 6.28. The molecule has 1 aliphatic rings. The molecule has 0 bridgehead atoms.